The van der Waals surface area contributed by atoms with Gasteiger partial charge in [0.25, 0.3) is 0 Å². The first-order valence-electron chi connectivity index (χ1n) is 5.50. The van der Waals surface area contributed by atoms with Crippen molar-refractivity contribution in [3.63, 3.8) is 0 Å². The third-order valence-electron chi connectivity index (χ3n) is 2.48. The van der Waals surface area contributed by atoms with Crippen LogP contribution in [0.2, 0.25) is 0 Å². The fourth-order valence-corrected chi connectivity index (χ4v) is 3.04. The Labute approximate surface area is 107 Å². The van der Waals surface area contributed by atoms with Gasteiger partial charge in [0.15, 0.2) is 0 Å². The van der Waals surface area contributed by atoms with Gasteiger partial charge >= 0.3 is 0 Å². The van der Waals surface area contributed by atoms with E-state index in [1.807, 2.05) is 0 Å². The van der Waals surface area contributed by atoms with E-state index in [1.54, 1.807) is 0 Å². The van der Waals surface area contributed by atoms with Gasteiger partial charge in [0.1, 0.15) is 5.82 Å². The average Bonchev–Trinajstić information content (AvgIpc) is 2.32. The van der Waals surface area contributed by atoms with Crippen LogP contribution in [0.5, 0.6) is 0 Å². The van der Waals surface area contributed by atoms with Gasteiger partial charge in [-0.1, -0.05) is 6.08 Å². The average molecular weight is 272 g/mol. The summed E-state index contributed by atoms with van der Waals surface area (Å²) in [5.41, 5.74) is 5.68. The highest BCUT2D eigenvalue weighted by atomic mass is 32.2. The van der Waals surface area contributed by atoms with Crippen molar-refractivity contribution in [2.24, 2.45) is 5.73 Å². The summed E-state index contributed by atoms with van der Waals surface area (Å²) in [5.74, 6) is -0.428. The molecule has 0 aliphatic carbocycles. The standard InChI is InChI=1S/C12H17FN2O2S/c1-3-7-15(8-6-14)18(16,17)11-4-5-12(13)10(2)9-11/h3-5,9H,1,6-8,14H2,2H3. The van der Waals surface area contributed by atoms with Gasteiger partial charge in [-0.2, -0.15) is 4.31 Å². The lowest BCUT2D eigenvalue weighted by Crippen LogP contribution is -2.35. The van der Waals surface area contributed by atoms with E-state index in [0.717, 1.165) is 6.07 Å². The Morgan fingerprint density at radius 3 is 2.67 bits per heavy atom. The van der Waals surface area contributed by atoms with Gasteiger partial charge in [0, 0.05) is 19.6 Å². The van der Waals surface area contributed by atoms with Gasteiger partial charge in [-0.3, -0.25) is 0 Å². The number of sulfonamides is 1. The molecule has 100 valence electrons. The lowest BCUT2D eigenvalue weighted by Gasteiger charge is -2.20. The summed E-state index contributed by atoms with van der Waals surface area (Å²) in [6.07, 6.45) is 1.49. The molecule has 0 fully saturated rings. The van der Waals surface area contributed by atoms with Crippen LogP contribution < -0.4 is 5.73 Å². The van der Waals surface area contributed by atoms with Crippen LogP contribution in [0.25, 0.3) is 0 Å². The molecule has 0 saturated heterocycles. The second-order valence-electron chi connectivity index (χ2n) is 3.85. The van der Waals surface area contributed by atoms with Crippen molar-refractivity contribution in [3.8, 4) is 0 Å². The summed E-state index contributed by atoms with van der Waals surface area (Å²) in [7, 11) is -3.65. The zero-order valence-corrected chi connectivity index (χ0v) is 11.1. The molecule has 0 saturated carbocycles. The molecule has 1 rings (SSSR count). The van der Waals surface area contributed by atoms with E-state index in [9.17, 15) is 12.8 Å². The Hall–Kier alpha value is -1.24. The van der Waals surface area contributed by atoms with Crippen molar-refractivity contribution in [2.75, 3.05) is 19.6 Å². The Kier molecular flexibility index (Phi) is 5.01. The molecule has 1 aromatic carbocycles. The monoisotopic (exact) mass is 272 g/mol. The Bertz CT molecular complexity index is 529. The van der Waals surface area contributed by atoms with Crippen LogP contribution >= 0.6 is 0 Å². The van der Waals surface area contributed by atoms with Gasteiger partial charge in [-0.05, 0) is 30.7 Å². The number of hydrogen-bond donors (Lipinski definition) is 1. The lowest BCUT2D eigenvalue weighted by atomic mass is 10.2. The predicted octanol–water partition coefficient (Wildman–Crippen LogP) is 1.27. The van der Waals surface area contributed by atoms with Crippen molar-refractivity contribution in [2.45, 2.75) is 11.8 Å². The van der Waals surface area contributed by atoms with Crippen molar-refractivity contribution < 1.29 is 12.8 Å². The number of nitrogens with two attached hydrogens (primary N) is 1. The molecule has 2 N–H and O–H groups in total. The maximum Gasteiger partial charge on any atom is 0.243 e. The number of aryl methyl sites for hydroxylation is 1. The molecule has 0 heterocycles. The summed E-state index contributed by atoms with van der Waals surface area (Å²) >= 11 is 0. The van der Waals surface area contributed by atoms with E-state index in [-0.39, 0.29) is 24.5 Å². The first kappa shape index (κ1) is 14.8. The lowest BCUT2D eigenvalue weighted by molar-refractivity contribution is 0.449. The molecule has 0 aliphatic rings. The maximum absolute atomic E-state index is 13.1. The topological polar surface area (TPSA) is 63.4 Å². The van der Waals surface area contributed by atoms with Crippen LogP contribution in [-0.4, -0.2) is 32.4 Å². The van der Waals surface area contributed by atoms with E-state index in [0.29, 0.717) is 5.56 Å². The van der Waals surface area contributed by atoms with Crippen LogP contribution in [0.15, 0.2) is 35.7 Å². The molecule has 18 heavy (non-hydrogen) atoms. The number of benzene rings is 1. The van der Waals surface area contributed by atoms with E-state index in [1.165, 1.54) is 29.4 Å². The van der Waals surface area contributed by atoms with Gasteiger partial charge < -0.3 is 5.73 Å². The third kappa shape index (κ3) is 3.16. The first-order valence-corrected chi connectivity index (χ1v) is 6.94. The van der Waals surface area contributed by atoms with Crippen LogP contribution in [0.3, 0.4) is 0 Å². The smallest absolute Gasteiger partial charge is 0.243 e. The zero-order valence-electron chi connectivity index (χ0n) is 10.3. The van der Waals surface area contributed by atoms with Crippen LogP contribution in [0.4, 0.5) is 4.39 Å². The minimum Gasteiger partial charge on any atom is -0.329 e. The second-order valence-corrected chi connectivity index (χ2v) is 5.79. The zero-order chi connectivity index (χ0) is 13.8. The molecule has 1 aromatic rings. The molecule has 0 unspecified atom stereocenters. The summed E-state index contributed by atoms with van der Waals surface area (Å²) in [6, 6.07) is 3.72. The molecule has 0 atom stereocenters. The molecule has 0 amide bonds. The van der Waals surface area contributed by atoms with Gasteiger partial charge in [0.05, 0.1) is 4.90 Å². The highest BCUT2D eigenvalue weighted by molar-refractivity contribution is 7.89. The highest BCUT2D eigenvalue weighted by Crippen LogP contribution is 2.18. The number of hydrogen-bond acceptors (Lipinski definition) is 3. The van der Waals surface area contributed by atoms with E-state index < -0.39 is 15.8 Å². The Morgan fingerprint density at radius 2 is 2.17 bits per heavy atom. The van der Waals surface area contributed by atoms with Crippen LogP contribution in [-0.2, 0) is 10.0 Å². The number of rotatable bonds is 6. The minimum absolute atomic E-state index is 0.0664. The van der Waals surface area contributed by atoms with Gasteiger partial charge in [-0.25, -0.2) is 12.8 Å². The second kappa shape index (κ2) is 6.08. The molecule has 0 aliphatic heterocycles. The maximum atomic E-state index is 13.1. The van der Waals surface area contributed by atoms with Crippen molar-refractivity contribution in [3.05, 3.63) is 42.2 Å². The molecule has 0 spiro atoms. The molecule has 0 radical (unpaired) electrons. The van der Waals surface area contributed by atoms with Crippen molar-refractivity contribution in [1.29, 1.82) is 0 Å². The van der Waals surface area contributed by atoms with E-state index >= 15 is 0 Å². The molecular weight excluding hydrogens is 255 g/mol. The third-order valence-corrected chi connectivity index (χ3v) is 4.34. The van der Waals surface area contributed by atoms with Crippen LogP contribution in [0.1, 0.15) is 5.56 Å². The molecule has 0 aromatic heterocycles. The normalized spacial score (nSPS) is 11.8. The summed E-state index contributed by atoms with van der Waals surface area (Å²) < 4.78 is 38.9. The fourth-order valence-electron chi connectivity index (χ4n) is 1.52. The summed E-state index contributed by atoms with van der Waals surface area (Å²) in [5, 5.41) is 0. The van der Waals surface area contributed by atoms with E-state index in [2.05, 4.69) is 6.58 Å². The van der Waals surface area contributed by atoms with Crippen molar-refractivity contribution in [1.82, 2.24) is 4.31 Å². The predicted molar refractivity (Wildman–Crippen MR) is 69.1 cm³/mol. The quantitative estimate of drug-likeness (QED) is 0.793. The summed E-state index contributed by atoms with van der Waals surface area (Å²) in [6.45, 7) is 5.63. The van der Waals surface area contributed by atoms with Gasteiger partial charge in [0.2, 0.25) is 10.0 Å². The van der Waals surface area contributed by atoms with Crippen LogP contribution in [0, 0.1) is 12.7 Å². The largest absolute Gasteiger partial charge is 0.329 e. The van der Waals surface area contributed by atoms with Crippen molar-refractivity contribution >= 4 is 10.0 Å². The first-order chi connectivity index (χ1) is 8.43. The Morgan fingerprint density at radius 1 is 1.50 bits per heavy atom. The summed E-state index contributed by atoms with van der Waals surface area (Å²) in [4.78, 5) is 0.0664. The van der Waals surface area contributed by atoms with Gasteiger partial charge in [-0.15, -0.1) is 6.58 Å². The fraction of sp³-hybridized carbons (Fsp3) is 0.333. The SMILES string of the molecule is C=CCN(CCN)S(=O)(=O)c1ccc(F)c(C)c1. The highest BCUT2D eigenvalue weighted by Gasteiger charge is 2.23. The number of nitrogens with zero attached hydrogens (tertiary/aromatic N) is 1. The molecule has 4 nitrogen and oxygen atoms in total. The minimum atomic E-state index is -3.65. The molecule has 0 bridgehead atoms. The molecule has 6 heteroatoms. The Balaban J connectivity index is 3.17. The number of halogens is 1. The van der Waals surface area contributed by atoms with E-state index in [4.69, 9.17) is 5.73 Å². The molecular formula is C12H17FN2O2S.